The van der Waals surface area contributed by atoms with E-state index in [0.29, 0.717) is 4.47 Å². The van der Waals surface area contributed by atoms with Crippen LogP contribution in [0, 0.1) is 0 Å². The van der Waals surface area contributed by atoms with Crippen LogP contribution in [0.1, 0.15) is 27.7 Å². The van der Waals surface area contributed by atoms with E-state index in [1.165, 1.54) is 22.8 Å². The summed E-state index contributed by atoms with van der Waals surface area (Å²) in [5, 5.41) is 0. The van der Waals surface area contributed by atoms with Crippen molar-refractivity contribution in [2.75, 3.05) is 19.6 Å². The smallest absolute Gasteiger partial charge is 0.410 e. The van der Waals surface area contributed by atoms with Gasteiger partial charge in [-0.25, -0.2) is 13.2 Å². The minimum Gasteiger partial charge on any atom is -0.444 e. The predicted molar refractivity (Wildman–Crippen MR) is 93.1 cm³/mol. The van der Waals surface area contributed by atoms with Crippen molar-refractivity contribution in [3.63, 3.8) is 0 Å². The topological polar surface area (TPSA) is 79.8 Å². The standard InChI is InChI=1S/C15H22BrN3O4S/c1-11-10-18(5-6-19(11)14(20)23-15(2,3)4)24(21,22)13-7-12(16)8-17-9-13/h7-9,11H,5-6,10H2,1-4H3/t11-/m1/s1. The van der Waals surface area contributed by atoms with Crippen LogP contribution in [0.25, 0.3) is 0 Å². The fraction of sp³-hybridized carbons (Fsp3) is 0.600. The Labute approximate surface area is 151 Å². The molecule has 0 N–H and O–H groups in total. The van der Waals surface area contributed by atoms with Crippen LogP contribution in [0.2, 0.25) is 0 Å². The van der Waals surface area contributed by atoms with Gasteiger partial charge in [0.05, 0.1) is 0 Å². The van der Waals surface area contributed by atoms with Gasteiger partial charge in [0.1, 0.15) is 10.5 Å². The van der Waals surface area contributed by atoms with E-state index >= 15 is 0 Å². The zero-order valence-corrected chi connectivity index (χ0v) is 16.6. The molecule has 7 nitrogen and oxygen atoms in total. The van der Waals surface area contributed by atoms with Gasteiger partial charge in [-0.05, 0) is 49.7 Å². The van der Waals surface area contributed by atoms with Gasteiger partial charge in [0.15, 0.2) is 0 Å². The van der Waals surface area contributed by atoms with E-state index < -0.39 is 21.7 Å². The molecule has 1 aromatic heterocycles. The highest BCUT2D eigenvalue weighted by molar-refractivity contribution is 9.10. The molecule has 0 unspecified atom stereocenters. The summed E-state index contributed by atoms with van der Waals surface area (Å²) in [5.74, 6) is 0. The molecule has 1 fully saturated rings. The van der Waals surface area contributed by atoms with E-state index in [0.717, 1.165) is 0 Å². The Morgan fingerprint density at radius 2 is 2.00 bits per heavy atom. The third-order valence-corrected chi connectivity index (χ3v) is 5.80. The van der Waals surface area contributed by atoms with Gasteiger partial charge in [0.25, 0.3) is 0 Å². The largest absolute Gasteiger partial charge is 0.444 e. The average Bonchev–Trinajstić information content (AvgIpc) is 2.45. The number of halogens is 1. The van der Waals surface area contributed by atoms with Crippen LogP contribution in [0.4, 0.5) is 4.79 Å². The number of ether oxygens (including phenoxy) is 1. The minimum atomic E-state index is -3.64. The lowest BCUT2D eigenvalue weighted by Gasteiger charge is -2.39. The Bertz CT molecular complexity index is 718. The lowest BCUT2D eigenvalue weighted by atomic mass is 10.2. The van der Waals surface area contributed by atoms with Gasteiger partial charge in [-0.15, -0.1) is 0 Å². The molecule has 1 atom stereocenters. The molecule has 0 bridgehead atoms. The number of sulfonamides is 1. The quantitative estimate of drug-likeness (QED) is 0.735. The van der Waals surface area contributed by atoms with Crippen molar-refractivity contribution < 1.29 is 17.9 Å². The molecule has 1 saturated heterocycles. The second-order valence-corrected chi connectivity index (χ2v) is 9.58. The molecule has 2 rings (SSSR count). The maximum atomic E-state index is 12.7. The second kappa shape index (κ2) is 6.97. The first-order valence-electron chi connectivity index (χ1n) is 7.61. The number of amides is 1. The summed E-state index contributed by atoms with van der Waals surface area (Å²) in [5.41, 5.74) is -0.581. The van der Waals surface area contributed by atoms with Crippen molar-refractivity contribution in [2.45, 2.75) is 44.2 Å². The first kappa shape index (κ1) is 19.1. The van der Waals surface area contributed by atoms with Gasteiger partial charge in [0, 0.05) is 42.5 Å². The van der Waals surface area contributed by atoms with Crippen molar-refractivity contribution in [3.05, 3.63) is 22.9 Å². The number of hydrogen-bond donors (Lipinski definition) is 0. The van der Waals surface area contributed by atoms with Gasteiger partial charge in [0.2, 0.25) is 10.0 Å². The average molecular weight is 420 g/mol. The summed E-state index contributed by atoms with van der Waals surface area (Å²) in [6, 6.07) is 1.25. The molecule has 134 valence electrons. The molecule has 1 aliphatic rings. The number of piperazine rings is 1. The number of aromatic nitrogens is 1. The molecular formula is C15H22BrN3O4S. The van der Waals surface area contributed by atoms with Crippen molar-refractivity contribution in [1.29, 1.82) is 0 Å². The zero-order valence-electron chi connectivity index (χ0n) is 14.2. The van der Waals surface area contributed by atoms with E-state index in [2.05, 4.69) is 20.9 Å². The Balaban J connectivity index is 2.11. The third-order valence-electron chi connectivity index (χ3n) is 3.54. The highest BCUT2D eigenvalue weighted by Gasteiger charge is 2.36. The van der Waals surface area contributed by atoms with E-state index in [1.807, 2.05) is 6.92 Å². The van der Waals surface area contributed by atoms with Crippen LogP contribution in [0.3, 0.4) is 0 Å². The van der Waals surface area contributed by atoms with Crippen molar-refractivity contribution in [1.82, 2.24) is 14.2 Å². The molecule has 9 heteroatoms. The molecule has 1 amide bonds. The highest BCUT2D eigenvalue weighted by atomic mass is 79.9. The van der Waals surface area contributed by atoms with Crippen LogP contribution in [0.15, 0.2) is 27.8 Å². The Kier molecular flexibility index (Phi) is 5.56. The monoisotopic (exact) mass is 419 g/mol. The maximum absolute atomic E-state index is 12.7. The number of pyridine rings is 1. The van der Waals surface area contributed by atoms with E-state index in [4.69, 9.17) is 4.74 Å². The Hall–Kier alpha value is -1.19. The molecule has 0 aromatic carbocycles. The molecular weight excluding hydrogens is 398 g/mol. The number of hydrogen-bond acceptors (Lipinski definition) is 5. The number of carbonyl (C=O) groups is 1. The molecule has 0 saturated carbocycles. The van der Waals surface area contributed by atoms with Gasteiger partial charge >= 0.3 is 6.09 Å². The summed E-state index contributed by atoms with van der Waals surface area (Å²) in [7, 11) is -3.64. The predicted octanol–water partition coefficient (Wildman–Crippen LogP) is 2.47. The maximum Gasteiger partial charge on any atom is 0.410 e. The molecule has 1 aliphatic heterocycles. The van der Waals surface area contributed by atoms with E-state index in [-0.39, 0.29) is 30.6 Å². The minimum absolute atomic E-state index is 0.134. The van der Waals surface area contributed by atoms with E-state index in [1.54, 1.807) is 25.7 Å². The first-order valence-corrected chi connectivity index (χ1v) is 9.84. The van der Waals surface area contributed by atoms with Gasteiger partial charge in [-0.2, -0.15) is 4.31 Å². The van der Waals surface area contributed by atoms with Crippen LogP contribution in [-0.4, -0.2) is 60.0 Å². The normalized spacial score (nSPS) is 20.0. The molecule has 0 radical (unpaired) electrons. The number of carbonyl (C=O) groups excluding carboxylic acids is 1. The highest BCUT2D eigenvalue weighted by Crippen LogP contribution is 2.23. The summed E-state index contributed by atoms with van der Waals surface area (Å²) in [4.78, 5) is 17.8. The van der Waals surface area contributed by atoms with Gasteiger partial charge in [-0.1, -0.05) is 0 Å². The summed E-state index contributed by atoms with van der Waals surface area (Å²) < 4.78 is 32.8. The molecule has 1 aromatic rings. The SMILES string of the molecule is C[C@@H]1CN(S(=O)(=O)c2cncc(Br)c2)CCN1C(=O)OC(C)(C)C. The van der Waals surface area contributed by atoms with Crippen LogP contribution in [-0.2, 0) is 14.8 Å². The summed E-state index contributed by atoms with van der Waals surface area (Å²) in [6.07, 6.45) is 2.43. The zero-order chi connectivity index (χ0) is 18.1. The Morgan fingerprint density at radius 3 is 2.54 bits per heavy atom. The summed E-state index contributed by atoms with van der Waals surface area (Å²) >= 11 is 3.23. The van der Waals surface area contributed by atoms with Crippen molar-refractivity contribution >= 4 is 32.0 Å². The first-order chi connectivity index (χ1) is 11.0. The number of rotatable bonds is 2. The van der Waals surface area contributed by atoms with Gasteiger partial charge in [-0.3, -0.25) is 4.98 Å². The van der Waals surface area contributed by atoms with Crippen LogP contribution < -0.4 is 0 Å². The Morgan fingerprint density at radius 1 is 1.33 bits per heavy atom. The van der Waals surface area contributed by atoms with Gasteiger partial charge < -0.3 is 9.64 Å². The number of nitrogens with zero attached hydrogens (tertiary/aromatic N) is 3. The summed E-state index contributed by atoms with van der Waals surface area (Å²) in [6.45, 7) is 7.94. The molecule has 2 heterocycles. The fourth-order valence-corrected chi connectivity index (χ4v) is 4.44. The van der Waals surface area contributed by atoms with Crippen LogP contribution in [0.5, 0.6) is 0 Å². The fourth-order valence-electron chi connectivity index (χ4n) is 2.42. The van der Waals surface area contributed by atoms with E-state index in [9.17, 15) is 13.2 Å². The second-order valence-electron chi connectivity index (χ2n) is 6.72. The molecule has 0 spiro atoms. The molecule has 0 aliphatic carbocycles. The van der Waals surface area contributed by atoms with Crippen molar-refractivity contribution in [3.8, 4) is 0 Å². The lowest BCUT2D eigenvalue weighted by Crippen LogP contribution is -2.56. The third kappa shape index (κ3) is 4.46. The lowest BCUT2D eigenvalue weighted by molar-refractivity contribution is 0.00859. The van der Waals surface area contributed by atoms with Crippen LogP contribution >= 0.6 is 15.9 Å². The molecule has 24 heavy (non-hydrogen) atoms. The van der Waals surface area contributed by atoms with Crippen molar-refractivity contribution in [2.24, 2.45) is 0 Å².